The van der Waals surface area contributed by atoms with E-state index in [-0.39, 0.29) is 17.7 Å². The van der Waals surface area contributed by atoms with Crippen LogP contribution in [0.5, 0.6) is 0 Å². The summed E-state index contributed by atoms with van der Waals surface area (Å²) < 4.78 is 5.71. The van der Waals surface area contributed by atoms with Crippen molar-refractivity contribution in [2.75, 3.05) is 19.7 Å². The van der Waals surface area contributed by atoms with E-state index in [1.165, 1.54) is 25.7 Å². The normalized spacial score (nSPS) is 24.2. The first kappa shape index (κ1) is 13.3. The summed E-state index contributed by atoms with van der Waals surface area (Å²) in [4.78, 5) is 22.6. The average molecular weight is 254 g/mol. The summed E-state index contributed by atoms with van der Waals surface area (Å²) in [5.74, 6) is -0.234. The van der Waals surface area contributed by atoms with Crippen LogP contribution in [0.3, 0.4) is 0 Å². The highest BCUT2D eigenvalue weighted by molar-refractivity contribution is 5.89. The molecule has 0 radical (unpaired) electrons. The molecule has 1 saturated carbocycles. The van der Waals surface area contributed by atoms with Crippen molar-refractivity contribution in [3.05, 3.63) is 0 Å². The minimum absolute atomic E-state index is 0.0192. The van der Waals surface area contributed by atoms with Crippen molar-refractivity contribution in [2.24, 2.45) is 5.92 Å². The van der Waals surface area contributed by atoms with Crippen LogP contribution in [0, 0.1) is 5.92 Å². The molecule has 5 nitrogen and oxygen atoms in total. The Labute approximate surface area is 108 Å². The molecule has 2 amide bonds. The first-order chi connectivity index (χ1) is 8.75. The van der Waals surface area contributed by atoms with Gasteiger partial charge in [0.25, 0.3) is 0 Å². The van der Waals surface area contributed by atoms with Crippen LogP contribution in [0.1, 0.15) is 38.5 Å². The standard InChI is InChI=1S/C13H22N2O3/c16-12-8-10(9-15-12)13(17)14-6-3-7-18-11-4-1-2-5-11/h10-11H,1-9H2,(H,14,17)(H,15,16). The Hall–Kier alpha value is -1.10. The van der Waals surface area contributed by atoms with Crippen LogP contribution >= 0.6 is 0 Å². The quantitative estimate of drug-likeness (QED) is 0.682. The number of ether oxygens (including phenoxy) is 1. The van der Waals surface area contributed by atoms with Crippen molar-refractivity contribution in [2.45, 2.75) is 44.6 Å². The molecule has 2 N–H and O–H groups in total. The summed E-state index contributed by atoms with van der Waals surface area (Å²) in [6.45, 7) is 1.83. The molecule has 102 valence electrons. The number of hydrogen-bond donors (Lipinski definition) is 2. The molecule has 18 heavy (non-hydrogen) atoms. The third-order valence-corrected chi connectivity index (χ3v) is 3.62. The summed E-state index contributed by atoms with van der Waals surface area (Å²) in [7, 11) is 0. The third kappa shape index (κ3) is 3.98. The van der Waals surface area contributed by atoms with Gasteiger partial charge in [-0.2, -0.15) is 0 Å². The monoisotopic (exact) mass is 254 g/mol. The lowest BCUT2D eigenvalue weighted by molar-refractivity contribution is -0.126. The molecular formula is C13H22N2O3. The van der Waals surface area contributed by atoms with Gasteiger partial charge in [0.05, 0.1) is 12.0 Å². The number of nitrogens with one attached hydrogen (secondary N) is 2. The van der Waals surface area contributed by atoms with Crippen LogP contribution in [-0.2, 0) is 14.3 Å². The van der Waals surface area contributed by atoms with Crippen LogP contribution < -0.4 is 10.6 Å². The largest absolute Gasteiger partial charge is 0.378 e. The Kier molecular flexibility index (Phi) is 4.99. The zero-order chi connectivity index (χ0) is 12.8. The van der Waals surface area contributed by atoms with E-state index in [1.54, 1.807) is 0 Å². The van der Waals surface area contributed by atoms with E-state index in [0.29, 0.717) is 32.2 Å². The predicted octanol–water partition coefficient (Wildman–Crippen LogP) is 0.588. The summed E-state index contributed by atoms with van der Waals surface area (Å²) >= 11 is 0. The molecule has 1 saturated heterocycles. The van der Waals surface area contributed by atoms with Gasteiger partial charge in [-0.15, -0.1) is 0 Å². The van der Waals surface area contributed by atoms with Crippen molar-refractivity contribution in [1.82, 2.24) is 10.6 Å². The number of amides is 2. The van der Waals surface area contributed by atoms with Crippen molar-refractivity contribution in [3.63, 3.8) is 0 Å². The maximum Gasteiger partial charge on any atom is 0.225 e. The van der Waals surface area contributed by atoms with Crippen LogP contribution in [0.2, 0.25) is 0 Å². The van der Waals surface area contributed by atoms with Gasteiger partial charge in [0.15, 0.2) is 0 Å². The fraction of sp³-hybridized carbons (Fsp3) is 0.846. The smallest absolute Gasteiger partial charge is 0.225 e. The Balaban J connectivity index is 1.49. The highest BCUT2D eigenvalue weighted by Crippen LogP contribution is 2.20. The van der Waals surface area contributed by atoms with Crippen molar-refractivity contribution >= 4 is 11.8 Å². The van der Waals surface area contributed by atoms with Gasteiger partial charge < -0.3 is 15.4 Å². The second-order valence-electron chi connectivity index (χ2n) is 5.13. The topological polar surface area (TPSA) is 67.4 Å². The van der Waals surface area contributed by atoms with Crippen LogP contribution in [0.25, 0.3) is 0 Å². The van der Waals surface area contributed by atoms with Gasteiger partial charge in [0.2, 0.25) is 11.8 Å². The van der Waals surface area contributed by atoms with E-state index in [2.05, 4.69) is 10.6 Å². The number of rotatable bonds is 6. The summed E-state index contributed by atoms with van der Waals surface area (Å²) in [6.07, 6.45) is 6.54. The lowest BCUT2D eigenvalue weighted by Gasteiger charge is -2.12. The number of carbonyl (C=O) groups excluding carboxylic acids is 2. The van der Waals surface area contributed by atoms with Gasteiger partial charge in [0, 0.05) is 26.1 Å². The number of hydrogen-bond acceptors (Lipinski definition) is 3. The van der Waals surface area contributed by atoms with Crippen LogP contribution in [0.4, 0.5) is 0 Å². The molecule has 5 heteroatoms. The zero-order valence-electron chi connectivity index (χ0n) is 10.7. The van der Waals surface area contributed by atoms with Gasteiger partial charge in [0.1, 0.15) is 0 Å². The minimum atomic E-state index is -0.187. The van der Waals surface area contributed by atoms with E-state index in [1.807, 2.05) is 0 Å². The number of carbonyl (C=O) groups is 2. The molecule has 1 aliphatic carbocycles. The second kappa shape index (κ2) is 6.73. The first-order valence-corrected chi connectivity index (χ1v) is 6.91. The van der Waals surface area contributed by atoms with Crippen LogP contribution in [-0.4, -0.2) is 37.6 Å². The Morgan fingerprint density at radius 2 is 2.17 bits per heavy atom. The second-order valence-corrected chi connectivity index (χ2v) is 5.13. The third-order valence-electron chi connectivity index (χ3n) is 3.62. The highest BCUT2D eigenvalue weighted by Gasteiger charge is 2.27. The Bertz CT molecular complexity index is 301. The van der Waals surface area contributed by atoms with Gasteiger partial charge in [-0.05, 0) is 19.3 Å². The summed E-state index contributed by atoms with van der Waals surface area (Å²) in [5, 5.41) is 5.52. The Morgan fingerprint density at radius 3 is 2.83 bits per heavy atom. The van der Waals surface area contributed by atoms with E-state index in [0.717, 1.165) is 6.42 Å². The highest BCUT2D eigenvalue weighted by atomic mass is 16.5. The molecule has 2 rings (SSSR count). The molecule has 1 unspecified atom stereocenters. The molecule has 2 aliphatic rings. The molecule has 0 spiro atoms. The lowest BCUT2D eigenvalue weighted by Crippen LogP contribution is -2.33. The van der Waals surface area contributed by atoms with Gasteiger partial charge in [-0.1, -0.05) is 12.8 Å². The fourth-order valence-electron chi connectivity index (χ4n) is 2.52. The van der Waals surface area contributed by atoms with Gasteiger partial charge in [-0.25, -0.2) is 0 Å². The maximum atomic E-state index is 11.7. The molecule has 2 fully saturated rings. The molecule has 1 heterocycles. The zero-order valence-corrected chi connectivity index (χ0v) is 10.7. The predicted molar refractivity (Wildman–Crippen MR) is 67.0 cm³/mol. The van der Waals surface area contributed by atoms with Gasteiger partial charge in [-0.3, -0.25) is 9.59 Å². The molecular weight excluding hydrogens is 232 g/mol. The van der Waals surface area contributed by atoms with Crippen LogP contribution in [0.15, 0.2) is 0 Å². The Morgan fingerprint density at radius 1 is 1.39 bits per heavy atom. The van der Waals surface area contributed by atoms with E-state index < -0.39 is 0 Å². The van der Waals surface area contributed by atoms with E-state index >= 15 is 0 Å². The SMILES string of the molecule is O=C1CC(C(=O)NCCCOC2CCCC2)CN1. The summed E-state index contributed by atoms with van der Waals surface area (Å²) in [5.41, 5.74) is 0. The minimum Gasteiger partial charge on any atom is -0.378 e. The molecule has 0 bridgehead atoms. The van der Waals surface area contributed by atoms with E-state index in [9.17, 15) is 9.59 Å². The first-order valence-electron chi connectivity index (χ1n) is 6.91. The van der Waals surface area contributed by atoms with Crippen molar-refractivity contribution < 1.29 is 14.3 Å². The van der Waals surface area contributed by atoms with Crippen molar-refractivity contribution in [1.29, 1.82) is 0 Å². The molecule has 1 aliphatic heterocycles. The maximum absolute atomic E-state index is 11.7. The van der Waals surface area contributed by atoms with Gasteiger partial charge >= 0.3 is 0 Å². The molecule has 0 aromatic heterocycles. The summed E-state index contributed by atoms with van der Waals surface area (Å²) in [6, 6.07) is 0. The molecule has 1 atom stereocenters. The van der Waals surface area contributed by atoms with Crippen molar-refractivity contribution in [3.8, 4) is 0 Å². The fourth-order valence-corrected chi connectivity index (χ4v) is 2.52. The average Bonchev–Trinajstić information content (AvgIpc) is 2.99. The lowest BCUT2D eigenvalue weighted by atomic mass is 10.1. The van der Waals surface area contributed by atoms with E-state index in [4.69, 9.17) is 4.74 Å². The molecule has 0 aromatic rings. The molecule has 0 aromatic carbocycles.